The third kappa shape index (κ3) is 38.2. The van der Waals surface area contributed by atoms with Gasteiger partial charge in [-0.05, 0) is 12.5 Å². The van der Waals surface area contributed by atoms with Crippen LogP contribution >= 0.6 is 0 Å². The van der Waals surface area contributed by atoms with Gasteiger partial charge in [0.2, 0.25) is 16.3 Å². The molecule has 19 heavy (non-hydrogen) atoms. The maximum absolute atomic E-state index is 9.95. The van der Waals surface area contributed by atoms with Gasteiger partial charge in [0.15, 0.2) is 0 Å². The monoisotopic (exact) mass is 298 g/mol. The first-order valence-electron chi connectivity index (χ1n) is 5.59. The van der Waals surface area contributed by atoms with E-state index >= 15 is 0 Å². The topological polar surface area (TPSA) is 95.5 Å². The lowest BCUT2D eigenvalue weighted by Crippen LogP contribution is -2.34. The van der Waals surface area contributed by atoms with Gasteiger partial charge in [-0.1, -0.05) is 13.5 Å². The second kappa shape index (κ2) is 12.1. The molecule has 0 aromatic carbocycles. The van der Waals surface area contributed by atoms with Gasteiger partial charge >= 0.3 is 0 Å². The minimum atomic E-state index is -4.41. The van der Waals surface area contributed by atoms with Crippen LogP contribution in [-0.2, 0) is 19.4 Å². The molecule has 0 aromatic heterocycles. The minimum Gasteiger partial charge on any atom is -0.726 e. The Bertz CT molecular complexity index is 333. The second-order valence-corrected chi connectivity index (χ2v) is 5.56. The van der Waals surface area contributed by atoms with Gasteiger partial charge in [0.25, 0.3) is 0 Å². The molecule has 116 valence electrons. The van der Waals surface area contributed by atoms with Gasteiger partial charge in [-0.2, -0.15) is 0 Å². The zero-order valence-corrected chi connectivity index (χ0v) is 13.4. The number of hydrogen-bond acceptors (Lipinski definition) is 5. The zero-order chi connectivity index (χ0) is 16.1. The minimum absolute atomic E-state index is 0.144. The number of carbonyl (C=O) groups excluding carboxylic acids is 1. The molecule has 0 saturated carbocycles. The summed E-state index contributed by atoms with van der Waals surface area (Å²) in [5, 5.41) is 2.36. The lowest BCUT2D eigenvalue weighted by molar-refractivity contribution is -0.870. The van der Waals surface area contributed by atoms with E-state index in [1.165, 1.54) is 19.0 Å². The van der Waals surface area contributed by atoms with Crippen LogP contribution in [-0.4, -0.2) is 65.2 Å². The molecular formula is C11H26N2O5S. The molecule has 0 atom stereocenters. The van der Waals surface area contributed by atoms with E-state index < -0.39 is 10.4 Å². The van der Waals surface area contributed by atoms with Crippen LogP contribution < -0.4 is 5.32 Å². The molecule has 0 unspecified atom stereocenters. The van der Waals surface area contributed by atoms with E-state index in [1.807, 2.05) is 0 Å². The second-order valence-electron chi connectivity index (χ2n) is 4.41. The van der Waals surface area contributed by atoms with Gasteiger partial charge in [-0.25, -0.2) is 8.42 Å². The van der Waals surface area contributed by atoms with Gasteiger partial charge in [0, 0.05) is 7.05 Å². The van der Waals surface area contributed by atoms with Crippen LogP contribution in [0.15, 0.2) is 12.7 Å². The fourth-order valence-corrected chi connectivity index (χ4v) is 0.773. The number of carbonyl (C=O) groups is 1. The molecular weight excluding hydrogens is 272 g/mol. The molecule has 0 spiro atoms. The number of rotatable bonds is 4. The van der Waals surface area contributed by atoms with Crippen molar-refractivity contribution in [2.24, 2.45) is 0 Å². The van der Waals surface area contributed by atoms with Crippen LogP contribution in [0.3, 0.4) is 0 Å². The molecule has 0 aromatic rings. The molecule has 0 radical (unpaired) electrons. The Hall–Kier alpha value is -0.960. The molecule has 8 heteroatoms. The molecule has 0 fully saturated rings. The summed E-state index contributed by atoms with van der Waals surface area (Å²) in [6.45, 7) is 6.71. The summed E-state index contributed by atoms with van der Waals surface area (Å²) in [7, 11) is 4.59. The van der Waals surface area contributed by atoms with Crippen molar-refractivity contribution >= 4 is 16.3 Å². The average Bonchev–Trinajstić information content (AvgIpc) is 2.27. The predicted octanol–water partition coefficient (Wildman–Crippen LogP) is 0.114. The first-order chi connectivity index (χ1) is 8.43. The van der Waals surface area contributed by atoms with Crippen LogP contribution in [0.5, 0.6) is 0 Å². The maximum atomic E-state index is 9.95. The van der Waals surface area contributed by atoms with Crippen molar-refractivity contribution in [1.29, 1.82) is 0 Å². The number of quaternary nitrogens is 1. The van der Waals surface area contributed by atoms with Crippen LogP contribution in [0.2, 0.25) is 0 Å². The fraction of sp³-hybridized carbons (Fsp3) is 0.727. The molecule has 1 N–H and O–H groups in total. The Kier molecular flexibility index (Phi) is 14.7. The van der Waals surface area contributed by atoms with Gasteiger partial charge in [0.1, 0.15) is 0 Å². The Labute approximate surface area is 116 Å². The van der Waals surface area contributed by atoms with Crippen molar-refractivity contribution in [2.75, 3.05) is 41.8 Å². The summed E-state index contributed by atoms with van der Waals surface area (Å²) >= 11 is 0. The highest BCUT2D eigenvalue weighted by Crippen LogP contribution is 1.90. The highest BCUT2D eigenvalue weighted by Gasteiger charge is 2.01. The number of amides is 1. The van der Waals surface area contributed by atoms with Gasteiger partial charge < -0.3 is 14.4 Å². The van der Waals surface area contributed by atoms with Crippen molar-refractivity contribution in [3.63, 3.8) is 0 Å². The molecule has 0 heterocycles. The number of likely N-dealkylation sites (N-methyl/N-ethyl adjacent to an activating group) is 1. The van der Waals surface area contributed by atoms with E-state index in [-0.39, 0.29) is 5.91 Å². The van der Waals surface area contributed by atoms with E-state index in [9.17, 15) is 17.8 Å². The zero-order valence-electron chi connectivity index (χ0n) is 12.6. The Balaban J connectivity index is -0.000000203. The number of hydrogen-bond donors (Lipinski definition) is 1. The fourth-order valence-electron chi connectivity index (χ4n) is 0.773. The molecule has 1 amide bonds. The number of nitrogens with one attached hydrogen (secondary N) is 1. The van der Waals surface area contributed by atoms with Crippen molar-refractivity contribution in [3.05, 3.63) is 12.7 Å². The molecule has 0 rings (SSSR count). The van der Waals surface area contributed by atoms with E-state index in [2.05, 4.69) is 44.1 Å². The van der Waals surface area contributed by atoms with Gasteiger partial charge in [-0.15, -0.1) is 0 Å². The molecule has 0 aliphatic carbocycles. The summed E-state index contributed by atoms with van der Waals surface area (Å²) in [5.74, 6) is -0.144. The third-order valence-electron chi connectivity index (χ3n) is 1.53. The van der Waals surface area contributed by atoms with Crippen molar-refractivity contribution < 1.29 is 26.4 Å². The van der Waals surface area contributed by atoms with Crippen LogP contribution in [0.25, 0.3) is 0 Å². The van der Waals surface area contributed by atoms with Crippen molar-refractivity contribution in [1.82, 2.24) is 5.32 Å². The highest BCUT2D eigenvalue weighted by molar-refractivity contribution is 7.80. The Morgan fingerprint density at radius 3 is 1.79 bits per heavy atom. The van der Waals surface area contributed by atoms with E-state index in [4.69, 9.17) is 0 Å². The first-order valence-corrected chi connectivity index (χ1v) is 6.92. The third-order valence-corrected chi connectivity index (χ3v) is 1.94. The van der Waals surface area contributed by atoms with Crippen molar-refractivity contribution in [3.8, 4) is 0 Å². The van der Waals surface area contributed by atoms with Gasteiger partial charge in [-0.3, -0.25) is 8.98 Å². The predicted molar refractivity (Wildman–Crippen MR) is 74.2 cm³/mol. The summed E-state index contributed by atoms with van der Waals surface area (Å²) in [6.07, 6.45) is 2.50. The summed E-state index contributed by atoms with van der Waals surface area (Å²) in [5.41, 5.74) is 0. The molecule has 0 aliphatic rings. The first kappa shape index (κ1) is 23.2. The van der Waals surface area contributed by atoms with Crippen molar-refractivity contribution in [2.45, 2.75) is 13.3 Å². The van der Waals surface area contributed by atoms with E-state index in [1.54, 1.807) is 7.05 Å². The standard InChI is InChI=1S/C6H16N.C4H7NO.CH4O4S/c1-5-6-7(2,3)4;1-3-4(6)5-2;1-5-6(2,3)4/h5-6H2,1-4H3;3H,1H2,2H3,(H,5,6);1H3,(H,2,3,4)/q+1;;/p-1. The average molecular weight is 298 g/mol. The molecule has 7 nitrogen and oxygen atoms in total. The van der Waals surface area contributed by atoms with Gasteiger partial charge in [0.05, 0.1) is 34.8 Å². The number of nitrogens with zero attached hydrogens (tertiary/aromatic N) is 1. The Morgan fingerprint density at radius 1 is 1.42 bits per heavy atom. The lowest BCUT2D eigenvalue weighted by Gasteiger charge is -2.22. The Morgan fingerprint density at radius 2 is 1.79 bits per heavy atom. The maximum Gasteiger partial charge on any atom is 0.243 e. The van der Waals surface area contributed by atoms with Crippen LogP contribution in [0.1, 0.15) is 13.3 Å². The highest BCUT2D eigenvalue weighted by atomic mass is 32.3. The smallest absolute Gasteiger partial charge is 0.243 e. The van der Waals surface area contributed by atoms with Crippen LogP contribution in [0.4, 0.5) is 0 Å². The van der Waals surface area contributed by atoms with E-state index in [0.717, 1.165) is 11.6 Å². The summed E-state index contributed by atoms with van der Waals surface area (Å²) in [6, 6.07) is 0. The largest absolute Gasteiger partial charge is 0.726 e. The normalized spacial score (nSPS) is 10.3. The quantitative estimate of drug-likeness (QED) is 0.344. The SMILES string of the molecule is C=CC(=O)NC.CCC[N+](C)(C)C.COS(=O)(=O)[O-]. The molecule has 0 saturated heterocycles. The van der Waals surface area contributed by atoms with Crippen LogP contribution in [0, 0.1) is 0 Å². The molecule has 0 bridgehead atoms. The summed E-state index contributed by atoms with van der Waals surface area (Å²) in [4.78, 5) is 9.95. The summed E-state index contributed by atoms with van der Waals surface area (Å²) < 4.78 is 32.1. The lowest BCUT2D eigenvalue weighted by atomic mass is 10.4. The molecule has 0 aliphatic heterocycles. The van der Waals surface area contributed by atoms with E-state index in [0.29, 0.717) is 0 Å².